The number of fused-ring (bicyclic) bond motifs is 2. The van der Waals surface area contributed by atoms with Crippen LogP contribution in [0.15, 0.2) is 53.4 Å². The van der Waals surface area contributed by atoms with Crippen molar-refractivity contribution in [3.8, 4) is 10.6 Å². The minimum absolute atomic E-state index is 0.0609. The summed E-state index contributed by atoms with van der Waals surface area (Å²) < 4.78 is 1.17. The molecule has 0 spiro atoms. The number of anilines is 1. The second-order valence-corrected chi connectivity index (χ2v) is 10.3. The van der Waals surface area contributed by atoms with E-state index in [4.69, 9.17) is 4.98 Å². The molecule has 4 aromatic rings. The number of para-hydroxylation sites is 1. The molecule has 0 unspecified atom stereocenters. The molecular formula is C23H21N3OS3. The average molecular weight is 452 g/mol. The van der Waals surface area contributed by atoms with E-state index in [9.17, 15) is 4.79 Å². The van der Waals surface area contributed by atoms with Crippen molar-refractivity contribution < 1.29 is 4.79 Å². The predicted molar refractivity (Wildman–Crippen MR) is 129 cm³/mol. The number of benzene rings is 2. The van der Waals surface area contributed by atoms with E-state index in [1.807, 2.05) is 42.7 Å². The minimum Gasteiger partial charge on any atom is -0.313 e. The van der Waals surface area contributed by atoms with E-state index in [-0.39, 0.29) is 5.91 Å². The third-order valence-electron chi connectivity index (χ3n) is 5.33. The largest absolute Gasteiger partial charge is 0.313 e. The van der Waals surface area contributed by atoms with Crippen LogP contribution in [0.5, 0.6) is 0 Å². The predicted octanol–water partition coefficient (Wildman–Crippen LogP) is 5.99. The van der Waals surface area contributed by atoms with Gasteiger partial charge in [-0.1, -0.05) is 24.3 Å². The topological polar surface area (TPSA) is 45.2 Å². The van der Waals surface area contributed by atoms with Gasteiger partial charge in [-0.05, 0) is 49.6 Å². The van der Waals surface area contributed by atoms with Gasteiger partial charge in [0.15, 0.2) is 0 Å². The highest BCUT2D eigenvalue weighted by Gasteiger charge is 2.27. The van der Waals surface area contributed by atoms with Gasteiger partial charge in [0, 0.05) is 28.4 Å². The maximum absolute atomic E-state index is 13.2. The summed E-state index contributed by atoms with van der Waals surface area (Å²) in [5.74, 6) is -0.0609. The molecule has 7 heteroatoms. The van der Waals surface area contributed by atoms with Crippen LogP contribution in [0.25, 0.3) is 20.8 Å². The fourth-order valence-electron chi connectivity index (χ4n) is 3.83. The molecule has 5 rings (SSSR count). The van der Waals surface area contributed by atoms with Crippen molar-refractivity contribution in [1.82, 2.24) is 9.88 Å². The molecule has 0 fully saturated rings. The Kier molecular flexibility index (Phi) is 5.37. The Morgan fingerprint density at radius 1 is 1.13 bits per heavy atom. The van der Waals surface area contributed by atoms with E-state index >= 15 is 0 Å². The smallest absolute Gasteiger partial charge is 0.257 e. The molecule has 0 saturated heterocycles. The van der Waals surface area contributed by atoms with Crippen molar-refractivity contribution in [2.24, 2.45) is 0 Å². The van der Waals surface area contributed by atoms with E-state index in [1.54, 1.807) is 34.4 Å². The van der Waals surface area contributed by atoms with Crippen molar-refractivity contribution in [3.05, 3.63) is 64.5 Å². The Hall–Kier alpha value is -2.19. The van der Waals surface area contributed by atoms with Crippen LogP contribution in [0.3, 0.4) is 0 Å². The van der Waals surface area contributed by atoms with Crippen molar-refractivity contribution in [2.45, 2.75) is 17.9 Å². The fourth-order valence-corrected chi connectivity index (χ4v) is 6.86. The van der Waals surface area contributed by atoms with E-state index in [1.165, 1.54) is 15.1 Å². The number of amides is 1. The fraction of sp³-hybridized carbons (Fsp3) is 0.217. The maximum Gasteiger partial charge on any atom is 0.257 e. The molecule has 0 bridgehead atoms. The third kappa shape index (κ3) is 3.56. The van der Waals surface area contributed by atoms with Gasteiger partial charge < -0.3 is 10.2 Å². The molecule has 0 radical (unpaired) electrons. The van der Waals surface area contributed by atoms with Gasteiger partial charge in [0.1, 0.15) is 10.0 Å². The molecule has 0 aliphatic carbocycles. The molecule has 2 aromatic carbocycles. The van der Waals surface area contributed by atoms with E-state index in [0.29, 0.717) is 5.56 Å². The lowest BCUT2D eigenvalue weighted by Gasteiger charge is -2.22. The van der Waals surface area contributed by atoms with E-state index < -0.39 is 0 Å². The minimum atomic E-state index is -0.0609. The van der Waals surface area contributed by atoms with Gasteiger partial charge in [0.05, 0.1) is 15.8 Å². The number of thiazole rings is 1. The van der Waals surface area contributed by atoms with Gasteiger partial charge in [0.25, 0.3) is 5.91 Å². The Morgan fingerprint density at radius 2 is 1.93 bits per heavy atom. The molecule has 1 N–H and O–H groups in total. The Balaban J connectivity index is 1.60. The first-order valence-corrected chi connectivity index (χ1v) is 12.6. The molecule has 30 heavy (non-hydrogen) atoms. The summed E-state index contributed by atoms with van der Waals surface area (Å²) in [5.41, 5.74) is 4.17. The molecule has 3 heterocycles. The zero-order valence-electron chi connectivity index (χ0n) is 16.8. The Morgan fingerprint density at radius 3 is 2.77 bits per heavy atom. The molecule has 1 amide bonds. The number of thioether (sulfide) groups is 1. The maximum atomic E-state index is 13.2. The molecule has 1 aliphatic heterocycles. The van der Waals surface area contributed by atoms with Crippen LogP contribution in [0, 0.1) is 0 Å². The summed E-state index contributed by atoms with van der Waals surface area (Å²) in [6, 6.07) is 16.0. The molecule has 1 aliphatic rings. The summed E-state index contributed by atoms with van der Waals surface area (Å²) >= 11 is 4.98. The number of hydrogen-bond donors (Lipinski definition) is 1. The van der Waals surface area contributed by atoms with Gasteiger partial charge in [-0.25, -0.2) is 4.98 Å². The summed E-state index contributed by atoms with van der Waals surface area (Å²) in [5, 5.41) is 5.14. The average Bonchev–Trinajstić information content (AvgIpc) is 3.33. The summed E-state index contributed by atoms with van der Waals surface area (Å²) in [6.45, 7) is 1.93. The van der Waals surface area contributed by atoms with E-state index in [2.05, 4.69) is 29.4 Å². The number of likely N-dealkylation sites (N-methyl/N-ethyl adjacent to an activating group) is 1. The summed E-state index contributed by atoms with van der Waals surface area (Å²) in [6.07, 6.45) is 2.98. The van der Waals surface area contributed by atoms with Crippen molar-refractivity contribution in [3.63, 3.8) is 0 Å². The first-order valence-electron chi connectivity index (χ1n) is 9.77. The van der Waals surface area contributed by atoms with Crippen LogP contribution >= 0.6 is 34.4 Å². The van der Waals surface area contributed by atoms with Crippen molar-refractivity contribution in [2.75, 3.05) is 25.2 Å². The van der Waals surface area contributed by atoms with Crippen LogP contribution in [0.1, 0.15) is 20.8 Å². The lowest BCUT2D eigenvalue weighted by atomic mass is 10.0. The quantitative estimate of drug-likeness (QED) is 0.387. The van der Waals surface area contributed by atoms with Gasteiger partial charge in [-0.3, -0.25) is 4.79 Å². The first-order chi connectivity index (χ1) is 14.6. The van der Waals surface area contributed by atoms with E-state index in [0.717, 1.165) is 45.5 Å². The third-order valence-corrected chi connectivity index (χ3v) is 8.32. The number of rotatable bonds is 4. The number of thiophene rings is 1. The van der Waals surface area contributed by atoms with Crippen LogP contribution in [-0.2, 0) is 13.0 Å². The Bertz CT molecular complexity index is 1210. The molecule has 4 nitrogen and oxygen atoms in total. The zero-order valence-corrected chi connectivity index (χ0v) is 19.2. The zero-order chi connectivity index (χ0) is 20.7. The SMILES string of the molecule is CSc1ccccc1C(=O)Nc1sc2c(c1-c1nc3ccccc3s1)CCN(C)C2. The molecule has 152 valence electrons. The number of nitrogens with one attached hydrogen (secondary N) is 1. The number of hydrogen-bond acceptors (Lipinski definition) is 6. The number of carbonyl (C=O) groups is 1. The second-order valence-electron chi connectivity index (χ2n) is 7.34. The number of nitrogens with zero attached hydrogens (tertiary/aromatic N) is 2. The summed E-state index contributed by atoms with van der Waals surface area (Å²) in [4.78, 5) is 22.7. The lowest BCUT2D eigenvalue weighted by Crippen LogP contribution is -2.25. The number of carbonyl (C=O) groups excluding carboxylic acids is 1. The molecule has 2 aromatic heterocycles. The highest BCUT2D eigenvalue weighted by Crippen LogP contribution is 2.45. The monoisotopic (exact) mass is 451 g/mol. The molecule has 0 saturated carbocycles. The molecule has 0 atom stereocenters. The van der Waals surface area contributed by atoms with Crippen molar-refractivity contribution >= 4 is 55.6 Å². The number of aromatic nitrogens is 1. The van der Waals surface area contributed by atoms with Gasteiger partial charge in [-0.15, -0.1) is 34.4 Å². The Labute approximate surface area is 188 Å². The first kappa shape index (κ1) is 19.8. The standard InChI is InChI=1S/C23H21N3OS3/c1-26-12-11-14-19(13-26)30-23(25-21(27)15-7-3-5-9-17(15)28-2)20(14)22-24-16-8-4-6-10-18(16)29-22/h3-10H,11-13H2,1-2H3,(H,25,27). The lowest BCUT2D eigenvalue weighted by molar-refractivity contribution is 0.102. The van der Waals surface area contributed by atoms with Gasteiger partial charge >= 0.3 is 0 Å². The van der Waals surface area contributed by atoms with Crippen LogP contribution in [0.2, 0.25) is 0 Å². The van der Waals surface area contributed by atoms with Crippen LogP contribution < -0.4 is 5.32 Å². The highest BCUT2D eigenvalue weighted by molar-refractivity contribution is 7.98. The van der Waals surface area contributed by atoms with Crippen LogP contribution in [0.4, 0.5) is 5.00 Å². The van der Waals surface area contributed by atoms with Gasteiger partial charge in [0.2, 0.25) is 0 Å². The normalized spacial score (nSPS) is 14.1. The second kappa shape index (κ2) is 8.15. The van der Waals surface area contributed by atoms with Crippen LogP contribution in [-0.4, -0.2) is 35.6 Å². The van der Waals surface area contributed by atoms with Gasteiger partial charge in [-0.2, -0.15) is 0 Å². The summed E-state index contributed by atoms with van der Waals surface area (Å²) in [7, 11) is 2.15. The molecular weight excluding hydrogens is 430 g/mol. The van der Waals surface area contributed by atoms with Crippen molar-refractivity contribution in [1.29, 1.82) is 0 Å². The highest BCUT2D eigenvalue weighted by atomic mass is 32.2.